The fourth-order valence-corrected chi connectivity index (χ4v) is 3.09. The molecule has 0 aliphatic carbocycles. The van der Waals surface area contributed by atoms with Gasteiger partial charge in [-0.15, -0.1) is 0 Å². The average molecular weight is 345 g/mol. The number of fused-ring (bicyclic) bond motifs is 1. The van der Waals surface area contributed by atoms with Crippen LogP contribution >= 0.6 is 15.9 Å². The first kappa shape index (κ1) is 14.2. The second-order valence-electron chi connectivity index (χ2n) is 4.78. The van der Waals surface area contributed by atoms with E-state index in [1.54, 1.807) is 12.3 Å². The highest BCUT2D eigenvalue weighted by molar-refractivity contribution is 9.10. The Kier molecular flexibility index (Phi) is 3.99. The molecule has 0 saturated carbocycles. The van der Waals surface area contributed by atoms with Crippen molar-refractivity contribution in [3.8, 4) is 0 Å². The van der Waals surface area contributed by atoms with Crippen LogP contribution in [0.15, 0.2) is 59.2 Å². The highest BCUT2D eigenvalue weighted by Crippen LogP contribution is 2.33. The second-order valence-corrected chi connectivity index (χ2v) is 5.58. The maximum absolute atomic E-state index is 13.8. The zero-order chi connectivity index (χ0) is 14.8. The smallest absolute Gasteiger partial charge is 0.137 e. The van der Waals surface area contributed by atoms with Crippen LogP contribution in [0.5, 0.6) is 0 Å². The van der Waals surface area contributed by atoms with Gasteiger partial charge in [0.1, 0.15) is 5.82 Å². The number of benzene rings is 2. The van der Waals surface area contributed by atoms with Crippen LogP contribution < -0.4 is 5.32 Å². The lowest BCUT2D eigenvalue weighted by Crippen LogP contribution is -2.18. The lowest BCUT2D eigenvalue weighted by atomic mass is 9.95. The lowest BCUT2D eigenvalue weighted by molar-refractivity contribution is 0.609. The Bertz CT molecular complexity index is 783. The topological polar surface area (TPSA) is 24.9 Å². The fraction of sp³-hybridized carbons (Fsp3) is 0.118. The van der Waals surface area contributed by atoms with Crippen LogP contribution in [-0.4, -0.2) is 12.0 Å². The van der Waals surface area contributed by atoms with E-state index in [1.165, 1.54) is 6.07 Å². The Morgan fingerprint density at radius 3 is 2.62 bits per heavy atom. The summed E-state index contributed by atoms with van der Waals surface area (Å²) >= 11 is 3.35. The number of halogens is 2. The molecule has 0 spiro atoms. The molecule has 1 heterocycles. The Morgan fingerprint density at radius 2 is 1.81 bits per heavy atom. The van der Waals surface area contributed by atoms with E-state index in [-0.39, 0.29) is 11.9 Å². The van der Waals surface area contributed by atoms with E-state index in [9.17, 15) is 4.39 Å². The summed E-state index contributed by atoms with van der Waals surface area (Å²) in [5, 5.41) is 4.34. The van der Waals surface area contributed by atoms with E-state index in [1.807, 2.05) is 43.4 Å². The molecule has 0 saturated heterocycles. The maximum Gasteiger partial charge on any atom is 0.137 e. The fourth-order valence-electron chi connectivity index (χ4n) is 2.60. The van der Waals surface area contributed by atoms with E-state index >= 15 is 0 Å². The van der Waals surface area contributed by atoms with Gasteiger partial charge in [-0.3, -0.25) is 4.98 Å². The minimum Gasteiger partial charge on any atom is -0.309 e. The number of pyridine rings is 1. The van der Waals surface area contributed by atoms with Crippen molar-refractivity contribution >= 4 is 26.8 Å². The lowest BCUT2D eigenvalue weighted by Gasteiger charge is -2.20. The zero-order valence-electron chi connectivity index (χ0n) is 11.5. The van der Waals surface area contributed by atoms with Gasteiger partial charge in [0, 0.05) is 11.6 Å². The highest BCUT2D eigenvalue weighted by atomic mass is 79.9. The molecule has 0 aliphatic heterocycles. The maximum atomic E-state index is 13.8. The van der Waals surface area contributed by atoms with E-state index in [0.717, 1.165) is 22.0 Å². The van der Waals surface area contributed by atoms with Crippen LogP contribution in [0.3, 0.4) is 0 Å². The standard InChI is InChI=1S/C17H14BrFN2/c1-20-17(13-6-2-8-14(19)16(13)18)12-5-3-9-15-11(12)7-4-10-21-15/h2-10,17,20H,1H3. The number of hydrogen-bond acceptors (Lipinski definition) is 2. The largest absolute Gasteiger partial charge is 0.309 e. The van der Waals surface area contributed by atoms with Crippen molar-refractivity contribution in [3.63, 3.8) is 0 Å². The number of nitrogens with zero attached hydrogens (tertiary/aromatic N) is 1. The van der Waals surface area contributed by atoms with Crippen molar-refractivity contribution in [2.45, 2.75) is 6.04 Å². The van der Waals surface area contributed by atoms with Crippen molar-refractivity contribution in [3.05, 3.63) is 76.1 Å². The molecule has 0 aliphatic rings. The van der Waals surface area contributed by atoms with Crippen LogP contribution in [0.2, 0.25) is 0 Å². The van der Waals surface area contributed by atoms with Crippen LogP contribution in [0.1, 0.15) is 17.2 Å². The van der Waals surface area contributed by atoms with Gasteiger partial charge >= 0.3 is 0 Å². The second kappa shape index (κ2) is 5.92. The Balaban J connectivity index is 2.21. The van der Waals surface area contributed by atoms with Crippen LogP contribution in [0.25, 0.3) is 10.9 Å². The first-order valence-electron chi connectivity index (χ1n) is 6.67. The predicted molar refractivity (Wildman–Crippen MR) is 86.7 cm³/mol. The minimum absolute atomic E-state index is 0.108. The first-order chi connectivity index (χ1) is 10.2. The summed E-state index contributed by atoms with van der Waals surface area (Å²) in [6.07, 6.45) is 1.78. The van der Waals surface area contributed by atoms with Crippen LogP contribution in [0.4, 0.5) is 4.39 Å². The number of rotatable bonds is 3. The molecule has 4 heteroatoms. The molecule has 2 nitrogen and oxygen atoms in total. The molecular weight excluding hydrogens is 331 g/mol. The molecule has 1 atom stereocenters. The quantitative estimate of drug-likeness (QED) is 0.759. The molecule has 3 rings (SSSR count). The monoisotopic (exact) mass is 344 g/mol. The van der Waals surface area contributed by atoms with Gasteiger partial charge in [-0.1, -0.05) is 30.3 Å². The summed E-state index contributed by atoms with van der Waals surface area (Å²) in [5.41, 5.74) is 2.88. The Hall–Kier alpha value is -1.78. The molecule has 1 N–H and O–H groups in total. The van der Waals surface area contributed by atoms with Gasteiger partial charge in [-0.2, -0.15) is 0 Å². The molecule has 0 bridgehead atoms. The highest BCUT2D eigenvalue weighted by Gasteiger charge is 2.19. The molecule has 2 aromatic carbocycles. The van der Waals surface area contributed by atoms with E-state index < -0.39 is 0 Å². The van der Waals surface area contributed by atoms with Gasteiger partial charge in [0.05, 0.1) is 16.0 Å². The molecule has 0 radical (unpaired) electrons. The molecular formula is C17H14BrFN2. The van der Waals surface area contributed by atoms with Crippen molar-refractivity contribution in [1.82, 2.24) is 10.3 Å². The third-order valence-corrected chi connectivity index (χ3v) is 4.41. The van der Waals surface area contributed by atoms with Gasteiger partial charge in [-0.25, -0.2) is 4.39 Å². The van der Waals surface area contributed by atoms with Crippen LogP contribution in [-0.2, 0) is 0 Å². The summed E-state index contributed by atoms with van der Waals surface area (Å²) in [6, 6.07) is 14.9. The third kappa shape index (κ3) is 2.57. The summed E-state index contributed by atoms with van der Waals surface area (Å²) in [7, 11) is 1.87. The Labute approximate surface area is 131 Å². The summed E-state index contributed by atoms with van der Waals surface area (Å²) in [5.74, 6) is -0.258. The molecule has 21 heavy (non-hydrogen) atoms. The first-order valence-corrected chi connectivity index (χ1v) is 7.46. The van der Waals surface area contributed by atoms with E-state index in [4.69, 9.17) is 0 Å². The van der Waals surface area contributed by atoms with Gasteiger partial charge in [0.2, 0.25) is 0 Å². The summed E-state index contributed by atoms with van der Waals surface area (Å²) in [6.45, 7) is 0. The normalized spacial score (nSPS) is 12.5. The third-order valence-electron chi connectivity index (χ3n) is 3.57. The average Bonchev–Trinajstić information content (AvgIpc) is 2.52. The predicted octanol–water partition coefficient (Wildman–Crippen LogP) is 4.45. The number of hydrogen-bond donors (Lipinski definition) is 1. The molecule has 3 aromatic rings. The van der Waals surface area contributed by atoms with Gasteiger partial charge in [0.15, 0.2) is 0 Å². The molecule has 106 valence electrons. The molecule has 1 unspecified atom stereocenters. The van der Waals surface area contributed by atoms with E-state index in [0.29, 0.717) is 4.47 Å². The zero-order valence-corrected chi connectivity index (χ0v) is 13.1. The van der Waals surface area contributed by atoms with Crippen molar-refractivity contribution in [2.24, 2.45) is 0 Å². The minimum atomic E-state index is -0.258. The molecule has 0 amide bonds. The van der Waals surface area contributed by atoms with Crippen LogP contribution in [0, 0.1) is 5.82 Å². The SMILES string of the molecule is CNC(c1cccc(F)c1Br)c1cccc2ncccc12. The van der Waals surface area contributed by atoms with Gasteiger partial charge < -0.3 is 5.32 Å². The number of aromatic nitrogens is 1. The van der Waals surface area contributed by atoms with Crippen molar-refractivity contribution < 1.29 is 4.39 Å². The van der Waals surface area contributed by atoms with Gasteiger partial charge in [0.25, 0.3) is 0 Å². The summed E-state index contributed by atoms with van der Waals surface area (Å²) in [4.78, 5) is 4.38. The Morgan fingerprint density at radius 1 is 1.05 bits per heavy atom. The summed E-state index contributed by atoms with van der Waals surface area (Å²) < 4.78 is 14.3. The molecule has 1 aromatic heterocycles. The van der Waals surface area contributed by atoms with Crippen molar-refractivity contribution in [2.75, 3.05) is 7.05 Å². The molecule has 0 fully saturated rings. The van der Waals surface area contributed by atoms with Crippen molar-refractivity contribution in [1.29, 1.82) is 0 Å². The number of nitrogens with one attached hydrogen (secondary N) is 1. The van der Waals surface area contributed by atoms with E-state index in [2.05, 4.69) is 26.2 Å². The van der Waals surface area contributed by atoms with Gasteiger partial charge in [-0.05, 0) is 52.3 Å².